The molecule has 4 nitrogen and oxygen atoms in total. The summed E-state index contributed by atoms with van der Waals surface area (Å²) >= 11 is 3.48. The minimum absolute atomic E-state index is 0.328. The largest absolute Gasteiger partial charge is 0.379 e. The third-order valence-electron chi connectivity index (χ3n) is 5.55. The maximum atomic E-state index is 5.58. The van der Waals surface area contributed by atoms with Crippen LogP contribution in [0.25, 0.3) is 10.6 Å². The fraction of sp³-hybridized carbons (Fsp3) is 0.632. The van der Waals surface area contributed by atoms with Crippen LogP contribution >= 0.6 is 22.7 Å². The van der Waals surface area contributed by atoms with Crippen LogP contribution in [-0.2, 0) is 11.3 Å². The molecule has 2 aromatic rings. The van der Waals surface area contributed by atoms with Crippen LogP contribution in [-0.4, -0.2) is 48.3 Å². The molecule has 0 spiro atoms. The van der Waals surface area contributed by atoms with Gasteiger partial charge in [-0.25, -0.2) is 4.98 Å². The summed E-state index contributed by atoms with van der Waals surface area (Å²) in [5.74, 6) is 0. The Balaban J connectivity index is 1.36. The van der Waals surface area contributed by atoms with Crippen molar-refractivity contribution in [2.45, 2.75) is 44.2 Å². The van der Waals surface area contributed by atoms with Crippen LogP contribution in [0.4, 0.5) is 0 Å². The van der Waals surface area contributed by atoms with E-state index >= 15 is 0 Å². The van der Waals surface area contributed by atoms with Crippen molar-refractivity contribution >= 4 is 22.7 Å². The quantitative estimate of drug-likeness (QED) is 0.826. The summed E-state index contributed by atoms with van der Waals surface area (Å²) in [7, 11) is 0. The van der Waals surface area contributed by atoms with Gasteiger partial charge >= 0.3 is 0 Å². The van der Waals surface area contributed by atoms with Crippen LogP contribution < -0.4 is 5.32 Å². The van der Waals surface area contributed by atoms with Crippen molar-refractivity contribution in [1.29, 1.82) is 0 Å². The van der Waals surface area contributed by atoms with E-state index in [2.05, 4.69) is 32.4 Å². The van der Waals surface area contributed by atoms with Gasteiger partial charge in [0.1, 0.15) is 5.01 Å². The molecule has 0 aromatic carbocycles. The normalized spacial score (nSPS) is 21.4. The lowest BCUT2D eigenvalue weighted by Crippen LogP contribution is -2.59. The molecule has 0 atom stereocenters. The molecule has 25 heavy (non-hydrogen) atoms. The molecule has 6 heteroatoms. The summed E-state index contributed by atoms with van der Waals surface area (Å²) in [6.45, 7) is 5.88. The maximum Gasteiger partial charge on any atom is 0.124 e. The van der Waals surface area contributed by atoms with Crippen molar-refractivity contribution in [3.63, 3.8) is 0 Å². The third kappa shape index (κ3) is 4.14. The number of thiazole rings is 1. The molecule has 2 aromatic heterocycles. The predicted molar refractivity (Wildman–Crippen MR) is 105 cm³/mol. The summed E-state index contributed by atoms with van der Waals surface area (Å²) in [4.78, 5) is 7.49. The Morgan fingerprint density at radius 1 is 1.16 bits per heavy atom. The minimum atomic E-state index is 0.328. The Morgan fingerprint density at radius 2 is 2.00 bits per heavy atom. The van der Waals surface area contributed by atoms with E-state index in [1.807, 2.05) is 0 Å². The highest BCUT2D eigenvalue weighted by Crippen LogP contribution is 2.34. The van der Waals surface area contributed by atoms with Gasteiger partial charge in [0.15, 0.2) is 0 Å². The number of hydrogen-bond donors (Lipinski definition) is 1. The number of rotatable bonds is 6. The Bertz CT molecular complexity index is 643. The van der Waals surface area contributed by atoms with Gasteiger partial charge in [0.25, 0.3) is 0 Å². The number of hydrogen-bond acceptors (Lipinski definition) is 6. The molecular weight excluding hydrogens is 350 g/mol. The summed E-state index contributed by atoms with van der Waals surface area (Å²) in [6.07, 6.45) is 6.74. The van der Waals surface area contributed by atoms with Crippen molar-refractivity contribution in [2.24, 2.45) is 0 Å². The van der Waals surface area contributed by atoms with Crippen LogP contribution in [0.2, 0.25) is 0 Å². The molecular formula is C19H27N3OS2. The monoisotopic (exact) mass is 377 g/mol. The van der Waals surface area contributed by atoms with Gasteiger partial charge in [0.05, 0.1) is 18.9 Å². The van der Waals surface area contributed by atoms with E-state index in [0.29, 0.717) is 5.54 Å². The van der Waals surface area contributed by atoms with Gasteiger partial charge in [-0.1, -0.05) is 19.3 Å². The summed E-state index contributed by atoms with van der Waals surface area (Å²) in [5.41, 5.74) is 2.74. The van der Waals surface area contributed by atoms with Gasteiger partial charge < -0.3 is 10.1 Å². The van der Waals surface area contributed by atoms with Crippen LogP contribution in [0.15, 0.2) is 22.2 Å². The molecule has 0 amide bonds. The summed E-state index contributed by atoms with van der Waals surface area (Å²) < 4.78 is 5.58. The second-order valence-electron chi connectivity index (χ2n) is 7.14. The van der Waals surface area contributed by atoms with Crippen molar-refractivity contribution < 1.29 is 4.74 Å². The molecule has 0 unspecified atom stereocenters. The Kier molecular flexibility index (Phi) is 5.83. The SMILES string of the molecule is c1cc(-c2nc(CNCC3(N4CCOCC4)CCCCC3)cs2)cs1. The fourth-order valence-electron chi connectivity index (χ4n) is 4.18. The van der Waals surface area contributed by atoms with E-state index < -0.39 is 0 Å². The molecule has 1 saturated carbocycles. The lowest BCUT2D eigenvalue weighted by atomic mass is 9.79. The molecule has 1 aliphatic carbocycles. The highest BCUT2D eigenvalue weighted by Gasteiger charge is 2.38. The third-order valence-corrected chi connectivity index (χ3v) is 7.17. The van der Waals surface area contributed by atoms with Crippen molar-refractivity contribution in [3.05, 3.63) is 27.9 Å². The Labute approximate surface area is 158 Å². The first-order chi connectivity index (χ1) is 12.4. The summed E-state index contributed by atoms with van der Waals surface area (Å²) in [5, 5.41) is 11.4. The molecule has 1 saturated heterocycles. The van der Waals surface area contributed by atoms with Gasteiger partial charge in [-0.15, -0.1) is 11.3 Å². The molecule has 1 aliphatic heterocycles. The van der Waals surface area contributed by atoms with Gasteiger partial charge in [-0.05, 0) is 24.3 Å². The average molecular weight is 378 g/mol. The zero-order valence-corrected chi connectivity index (χ0v) is 16.3. The highest BCUT2D eigenvalue weighted by molar-refractivity contribution is 7.14. The average Bonchev–Trinajstić information content (AvgIpc) is 3.35. The second-order valence-corrected chi connectivity index (χ2v) is 8.78. The molecule has 3 heterocycles. The number of ether oxygens (including phenoxy) is 1. The number of nitrogens with zero attached hydrogens (tertiary/aromatic N) is 2. The first-order valence-electron chi connectivity index (χ1n) is 9.36. The number of aromatic nitrogens is 1. The van der Waals surface area contributed by atoms with Crippen LogP contribution in [0.3, 0.4) is 0 Å². The topological polar surface area (TPSA) is 37.4 Å². The van der Waals surface area contributed by atoms with E-state index in [1.165, 1.54) is 43.4 Å². The van der Waals surface area contributed by atoms with Gasteiger partial charge in [0.2, 0.25) is 0 Å². The van der Waals surface area contributed by atoms with Crippen LogP contribution in [0.5, 0.6) is 0 Å². The van der Waals surface area contributed by atoms with E-state index in [4.69, 9.17) is 9.72 Å². The van der Waals surface area contributed by atoms with Gasteiger partial charge in [0, 0.05) is 48.0 Å². The predicted octanol–water partition coefficient (Wildman–Crippen LogP) is 4.00. The zero-order chi connectivity index (χ0) is 17.0. The number of morpholine rings is 1. The number of nitrogens with one attached hydrogen (secondary N) is 1. The first kappa shape index (κ1) is 17.6. The minimum Gasteiger partial charge on any atom is -0.379 e. The van der Waals surface area contributed by atoms with E-state index in [9.17, 15) is 0 Å². The Hall–Kier alpha value is -0.790. The van der Waals surface area contributed by atoms with Crippen molar-refractivity contribution in [3.8, 4) is 10.6 Å². The lowest BCUT2D eigenvalue weighted by molar-refractivity contribution is -0.0369. The van der Waals surface area contributed by atoms with Gasteiger partial charge in [-0.3, -0.25) is 4.90 Å². The highest BCUT2D eigenvalue weighted by atomic mass is 32.1. The van der Waals surface area contributed by atoms with Crippen LogP contribution in [0, 0.1) is 0 Å². The van der Waals surface area contributed by atoms with Gasteiger partial charge in [-0.2, -0.15) is 11.3 Å². The smallest absolute Gasteiger partial charge is 0.124 e. The Morgan fingerprint density at radius 3 is 2.76 bits per heavy atom. The summed E-state index contributed by atoms with van der Waals surface area (Å²) in [6, 6.07) is 2.15. The molecule has 2 fully saturated rings. The molecule has 136 valence electrons. The first-order valence-corrected chi connectivity index (χ1v) is 11.2. The molecule has 4 rings (SSSR count). The molecule has 0 radical (unpaired) electrons. The maximum absolute atomic E-state index is 5.58. The molecule has 1 N–H and O–H groups in total. The number of thiophene rings is 1. The second kappa shape index (κ2) is 8.27. The van der Waals surface area contributed by atoms with Crippen LogP contribution in [0.1, 0.15) is 37.8 Å². The zero-order valence-electron chi connectivity index (χ0n) is 14.7. The van der Waals surface area contributed by atoms with Crippen molar-refractivity contribution in [2.75, 3.05) is 32.8 Å². The van der Waals surface area contributed by atoms with Crippen molar-refractivity contribution in [1.82, 2.24) is 15.2 Å². The van der Waals surface area contributed by atoms with E-state index in [1.54, 1.807) is 22.7 Å². The molecule has 2 aliphatic rings. The van der Waals surface area contributed by atoms with E-state index in [0.717, 1.165) is 44.4 Å². The molecule has 0 bridgehead atoms. The standard InChI is InChI=1S/C19H27N3OS2/c1-2-5-19(6-3-1,22-7-9-23-10-8-22)15-20-12-17-14-25-18(21-17)16-4-11-24-13-16/h4,11,13-14,20H,1-3,5-10,12,15H2. The lowest BCUT2D eigenvalue weighted by Gasteiger charge is -2.48. The van der Waals surface area contributed by atoms with E-state index in [-0.39, 0.29) is 0 Å². The fourth-order valence-corrected chi connectivity index (χ4v) is 5.71.